The molecule has 0 fully saturated rings. The maximum atomic E-state index is 13.9. The molecular weight excluding hydrogens is 286 g/mol. The van der Waals surface area contributed by atoms with Crippen LogP contribution in [0.3, 0.4) is 0 Å². The summed E-state index contributed by atoms with van der Waals surface area (Å²) in [4.78, 5) is 4.19. The molecule has 21 heavy (non-hydrogen) atoms. The Morgan fingerprint density at radius 3 is 2.52 bits per heavy atom. The highest BCUT2D eigenvalue weighted by atomic mass is 19.4. The minimum atomic E-state index is -4.57. The fourth-order valence-electron chi connectivity index (χ4n) is 1.82. The van der Waals surface area contributed by atoms with Crippen molar-refractivity contribution in [1.82, 2.24) is 4.98 Å². The predicted molar refractivity (Wildman–Crippen MR) is 70.0 cm³/mol. The smallest absolute Gasteiger partial charge is 0.375 e. The summed E-state index contributed by atoms with van der Waals surface area (Å²) in [6, 6.07) is 7.32. The minimum Gasteiger partial charge on any atom is -0.375 e. The lowest BCUT2D eigenvalue weighted by atomic mass is 10.1. The number of rotatable bonds is 4. The molecule has 1 aromatic heterocycles. The molecule has 2 aromatic rings. The normalized spacial score (nSPS) is 11.7. The Balaban J connectivity index is 2.34. The van der Waals surface area contributed by atoms with Gasteiger partial charge in [0, 0.05) is 12.2 Å². The first-order valence-corrected chi connectivity index (χ1v) is 6.32. The van der Waals surface area contributed by atoms with Crippen LogP contribution in [-0.2, 0) is 17.5 Å². The first-order chi connectivity index (χ1) is 9.91. The molecule has 0 aliphatic heterocycles. The monoisotopic (exact) mass is 299 g/mol. The molecule has 0 N–H and O–H groups in total. The molecule has 1 heterocycles. The van der Waals surface area contributed by atoms with Crippen LogP contribution in [0, 0.1) is 5.82 Å². The number of alkyl halides is 3. The lowest BCUT2D eigenvalue weighted by molar-refractivity contribution is -0.137. The highest BCUT2D eigenvalue weighted by Gasteiger charge is 2.31. The van der Waals surface area contributed by atoms with Gasteiger partial charge in [-0.25, -0.2) is 4.39 Å². The summed E-state index contributed by atoms with van der Waals surface area (Å²) in [5, 5.41) is 0. The molecule has 2 nitrogen and oxygen atoms in total. The topological polar surface area (TPSA) is 22.1 Å². The van der Waals surface area contributed by atoms with E-state index < -0.39 is 17.6 Å². The van der Waals surface area contributed by atoms with E-state index in [2.05, 4.69) is 4.98 Å². The van der Waals surface area contributed by atoms with Crippen LogP contribution in [0.2, 0.25) is 0 Å². The Morgan fingerprint density at radius 1 is 1.14 bits per heavy atom. The maximum Gasteiger partial charge on any atom is 0.416 e. The van der Waals surface area contributed by atoms with E-state index in [-0.39, 0.29) is 17.9 Å². The van der Waals surface area contributed by atoms with E-state index >= 15 is 0 Å². The van der Waals surface area contributed by atoms with Gasteiger partial charge in [-0.15, -0.1) is 0 Å². The van der Waals surface area contributed by atoms with Gasteiger partial charge in [-0.05, 0) is 37.3 Å². The van der Waals surface area contributed by atoms with E-state index in [0.29, 0.717) is 18.4 Å². The SMILES string of the molecule is CCOCc1cccc(-c2ccc(C(F)(F)F)cc2F)n1. The van der Waals surface area contributed by atoms with Crippen LogP contribution in [0.1, 0.15) is 18.2 Å². The highest BCUT2D eigenvalue weighted by Crippen LogP contribution is 2.32. The van der Waals surface area contributed by atoms with Gasteiger partial charge in [-0.1, -0.05) is 6.07 Å². The van der Waals surface area contributed by atoms with Crippen LogP contribution in [0.4, 0.5) is 17.6 Å². The van der Waals surface area contributed by atoms with Crippen LogP contribution in [0.15, 0.2) is 36.4 Å². The Morgan fingerprint density at radius 2 is 1.90 bits per heavy atom. The van der Waals surface area contributed by atoms with Gasteiger partial charge in [0.15, 0.2) is 0 Å². The fourth-order valence-corrected chi connectivity index (χ4v) is 1.82. The van der Waals surface area contributed by atoms with Gasteiger partial charge in [0.25, 0.3) is 0 Å². The van der Waals surface area contributed by atoms with E-state index in [1.54, 1.807) is 18.2 Å². The molecule has 0 saturated carbocycles. The second kappa shape index (κ2) is 6.22. The summed E-state index contributed by atoms with van der Waals surface area (Å²) in [7, 11) is 0. The summed E-state index contributed by atoms with van der Waals surface area (Å²) in [6.45, 7) is 2.62. The Hall–Kier alpha value is -1.95. The van der Waals surface area contributed by atoms with Crippen molar-refractivity contribution >= 4 is 0 Å². The van der Waals surface area contributed by atoms with Gasteiger partial charge in [-0.3, -0.25) is 4.98 Å². The van der Waals surface area contributed by atoms with Gasteiger partial charge < -0.3 is 4.74 Å². The molecule has 0 aliphatic rings. The first kappa shape index (κ1) is 15.4. The summed E-state index contributed by atoms with van der Waals surface area (Å²) >= 11 is 0. The maximum absolute atomic E-state index is 13.9. The molecule has 6 heteroatoms. The third-order valence-corrected chi connectivity index (χ3v) is 2.83. The molecule has 0 bridgehead atoms. The van der Waals surface area contributed by atoms with E-state index in [1.807, 2.05) is 6.92 Å². The second-order valence-corrected chi connectivity index (χ2v) is 4.34. The van der Waals surface area contributed by atoms with E-state index in [4.69, 9.17) is 4.74 Å². The summed E-state index contributed by atoms with van der Waals surface area (Å²) in [5.74, 6) is -0.953. The number of hydrogen-bond donors (Lipinski definition) is 0. The van der Waals surface area contributed by atoms with Crippen molar-refractivity contribution in [2.75, 3.05) is 6.61 Å². The van der Waals surface area contributed by atoms with Crippen molar-refractivity contribution in [3.63, 3.8) is 0 Å². The van der Waals surface area contributed by atoms with Crippen LogP contribution in [0.25, 0.3) is 11.3 Å². The number of ether oxygens (including phenoxy) is 1. The van der Waals surface area contributed by atoms with Crippen molar-refractivity contribution in [2.45, 2.75) is 19.7 Å². The quantitative estimate of drug-likeness (QED) is 0.778. The molecule has 1 aromatic carbocycles. The standard InChI is InChI=1S/C15H13F4NO/c1-2-21-9-11-4-3-5-14(20-11)12-7-6-10(8-13(12)16)15(17,18)19/h3-8H,2,9H2,1H3. The summed E-state index contributed by atoms with van der Waals surface area (Å²) < 4.78 is 56.6. The number of pyridine rings is 1. The van der Waals surface area contributed by atoms with Crippen molar-refractivity contribution < 1.29 is 22.3 Å². The van der Waals surface area contributed by atoms with Gasteiger partial charge in [0.1, 0.15) is 5.82 Å². The van der Waals surface area contributed by atoms with Crippen molar-refractivity contribution in [3.05, 3.63) is 53.5 Å². The van der Waals surface area contributed by atoms with Crippen LogP contribution >= 0.6 is 0 Å². The molecule has 0 unspecified atom stereocenters. The third kappa shape index (κ3) is 3.78. The first-order valence-electron chi connectivity index (χ1n) is 6.32. The predicted octanol–water partition coefficient (Wildman–Crippen LogP) is 4.44. The Labute approximate surface area is 119 Å². The molecule has 0 radical (unpaired) electrons. The molecule has 0 saturated heterocycles. The Bertz CT molecular complexity index is 625. The fraction of sp³-hybridized carbons (Fsp3) is 0.267. The lowest BCUT2D eigenvalue weighted by Crippen LogP contribution is -2.05. The largest absolute Gasteiger partial charge is 0.416 e. The lowest BCUT2D eigenvalue weighted by Gasteiger charge is -2.10. The molecule has 0 amide bonds. The molecule has 0 spiro atoms. The van der Waals surface area contributed by atoms with Crippen LogP contribution < -0.4 is 0 Å². The number of hydrogen-bond acceptors (Lipinski definition) is 2. The third-order valence-electron chi connectivity index (χ3n) is 2.83. The van der Waals surface area contributed by atoms with E-state index in [1.165, 1.54) is 0 Å². The van der Waals surface area contributed by atoms with Gasteiger partial charge in [0.05, 0.1) is 23.6 Å². The molecule has 0 atom stereocenters. The van der Waals surface area contributed by atoms with Crippen LogP contribution in [0.5, 0.6) is 0 Å². The minimum absolute atomic E-state index is 0.0290. The zero-order valence-corrected chi connectivity index (χ0v) is 11.2. The van der Waals surface area contributed by atoms with Crippen molar-refractivity contribution in [2.24, 2.45) is 0 Å². The average Bonchev–Trinajstić information content (AvgIpc) is 2.44. The molecule has 2 rings (SSSR count). The molecule has 112 valence electrons. The van der Waals surface area contributed by atoms with Gasteiger partial charge in [-0.2, -0.15) is 13.2 Å². The molecule has 0 aliphatic carbocycles. The van der Waals surface area contributed by atoms with Crippen LogP contribution in [-0.4, -0.2) is 11.6 Å². The summed E-state index contributed by atoms with van der Waals surface area (Å²) in [6.07, 6.45) is -4.57. The average molecular weight is 299 g/mol. The van der Waals surface area contributed by atoms with E-state index in [9.17, 15) is 17.6 Å². The second-order valence-electron chi connectivity index (χ2n) is 4.34. The number of benzene rings is 1. The highest BCUT2D eigenvalue weighted by molar-refractivity contribution is 5.60. The van der Waals surface area contributed by atoms with E-state index in [0.717, 1.165) is 12.1 Å². The number of nitrogens with zero attached hydrogens (tertiary/aromatic N) is 1. The number of aromatic nitrogens is 1. The Kier molecular flexibility index (Phi) is 4.57. The summed E-state index contributed by atoms with van der Waals surface area (Å²) in [5.41, 5.74) is -0.123. The van der Waals surface area contributed by atoms with Gasteiger partial charge in [0.2, 0.25) is 0 Å². The molecular formula is C15H13F4NO. The zero-order chi connectivity index (χ0) is 15.5. The van der Waals surface area contributed by atoms with Gasteiger partial charge >= 0.3 is 6.18 Å². The van der Waals surface area contributed by atoms with Crippen molar-refractivity contribution in [3.8, 4) is 11.3 Å². The number of halogens is 4. The van der Waals surface area contributed by atoms with Crippen molar-refractivity contribution in [1.29, 1.82) is 0 Å². The zero-order valence-electron chi connectivity index (χ0n) is 11.2.